The van der Waals surface area contributed by atoms with E-state index in [2.05, 4.69) is 26.5 Å². The molecule has 4 fully saturated rings. The third-order valence-corrected chi connectivity index (χ3v) is 8.32. The number of fused-ring (bicyclic) bond motifs is 1. The van der Waals surface area contributed by atoms with Crippen molar-refractivity contribution < 1.29 is 4.79 Å². The number of nitrogens with zero attached hydrogens (tertiary/aromatic N) is 8. The van der Waals surface area contributed by atoms with Crippen LogP contribution in [0.2, 0.25) is 0 Å². The molecule has 1 N–H and O–H groups in total. The van der Waals surface area contributed by atoms with Gasteiger partial charge in [-0.2, -0.15) is 15.5 Å². The first kappa shape index (κ1) is 22.0. The topological polar surface area (TPSA) is 117 Å². The zero-order chi connectivity index (χ0) is 25.3. The van der Waals surface area contributed by atoms with Gasteiger partial charge in [-0.25, -0.2) is 9.50 Å². The van der Waals surface area contributed by atoms with Crippen molar-refractivity contribution in [2.45, 2.75) is 56.7 Å². The lowest BCUT2D eigenvalue weighted by molar-refractivity contribution is -0.123. The molecule has 0 radical (unpaired) electrons. The minimum absolute atomic E-state index is 0.0640. The highest BCUT2D eigenvalue weighted by Gasteiger charge is 2.55. The number of nitrogens with one attached hydrogen (secondary N) is 1. The predicted molar refractivity (Wildman–Crippen MR) is 136 cm³/mol. The summed E-state index contributed by atoms with van der Waals surface area (Å²) >= 11 is 0. The Morgan fingerprint density at radius 2 is 1.86 bits per heavy atom. The first-order valence-corrected chi connectivity index (χ1v) is 12.7. The third kappa shape index (κ3) is 3.49. The Bertz CT molecular complexity index is 1560. The Morgan fingerprint density at radius 1 is 1.05 bits per heavy atom. The van der Waals surface area contributed by atoms with Crippen molar-refractivity contribution in [1.29, 1.82) is 5.26 Å². The fourth-order valence-corrected chi connectivity index (χ4v) is 7.25. The van der Waals surface area contributed by atoms with Gasteiger partial charge in [-0.15, -0.1) is 0 Å². The monoisotopic (exact) mass is 493 g/mol. The largest absolute Gasteiger partial charge is 0.351 e. The van der Waals surface area contributed by atoms with E-state index in [0.29, 0.717) is 34.8 Å². The van der Waals surface area contributed by atoms with Gasteiger partial charge in [-0.1, -0.05) is 0 Å². The third-order valence-electron chi connectivity index (χ3n) is 8.32. The van der Waals surface area contributed by atoms with Crippen LogP contribution in [-0.2, 0) is 11.8 Å². The van der Waals surface area contributed by atoms with Crippen LogP contribution in [0.3, 0.4) is 0 Å². The summed E-state index contributed by atoms with van der Waals surface area (Å²) in [6.45, 7) is 1.62. The zero-order valence-corrected chi connectivity index (χ0v) is 20.8. The van der Waals surface area contributed by atoms with Crippen LogP contribution >= 0.6 is 0 Å². The number of piperidine rings is 2. The van der Waals surface area contributed by atoms with Crippen LogP contribution in [-0.4, -0.2) is 52.9 Å². The van der Waals surface area contributed by atoms with Gasteiger partial charge in [0.15, 0.2) is 0 Å². The van der Waals surface area contributed by atoms with Crippen LogP contribution < -0.4 is 10.2 Å². The number of carbonyl (C=O) groups excluding carboxylic acids is 1. The Kier molecular flexibility index (Phi) is 4.67. The average molecular weight is 494 g/mol. The molecule has 37 heavy (non-hydrogen) atoms. The summed E-state index contributed by atoms with van der Waals surface area (Å²) in [5.74, 6) is 1.60. The maximum atomic E-state index is 11.9. The molecule has 2 aliphatic heterocycles. The van der Waals surface area contributed by atoms with Crippen LogP contribution in [0, 0.1) is 17.2 Å². The normalized spacial score (nSPS) is 26.0. The van der Waals surface area contributed by atoms with Crippen molar-refractivity contribution in [3.05, 3.63) is 48.8 Å². The van der Waals surface area contributed by atoms with Crippen LogP contribution in [0.15, 0.2) is 43.2 Å². The summed E-state index contributed by atoms with van der Waals surface area (Å²) in [4.78, 5) is 24.1. The first-order chi connectivity index (χ1) is 17.9. The summed E-state index contributed by atoms with van der Waals surface area (Å²) < 4.78 is 3.49. The molecule has 4 bridgehead atoms. The number of pyridine rings is 1. The van der Waals surface area contributed by atoms with E-state index in [1.165, 1.54) is 0 Å². The number of rotatable bonds is 4. The zero-order valence-electron chi connectivity index (χ0n) is 20.8. The smallest absolute Gasteiger partial charge is 0.217 e. The highest BCUT2D eigenvalue weighted by Crippen LogP contribution is 2.52. The molecule has 0 unspecified atom stereocenters. The molecule has 1 amide bonds. The van der Waals surface area contributed by atoms with Crippen molar-refractivity contribution in [2.24, 2.45) is 13.0 Å². The van der Waals surface area contributed by atoms with Crippen LogP contribution in [0.4, 0.5) is 5.82 Å². The predicted octanol–water partition coefficient (Wildman–Crippen LogP) is 3.09. The Labute approximate surface area is 213 Å². The molecular weight excluding hydrogens is 466 g/mol. The molecular formula is C27H27N9O. The molecule has 2 aliphatic carbocycles. The second-order valence-electron chi connectivity index (χ2n) is 10.9. The summed E-state index contributed by atoms with van der Waals surface area (Å²) in [5.41, 5.74) is 4.52. The lowest BCUT2D eigenvalue weighted by Crippen LogP contribution is -2.69. The van der Waals surface area contributed by atoms with Gasteiger partial charge in [0.25, 0.3) is 0 Å². The summed E-state index contributed by atoms with van der Waals surface area (Å²) in [6, 6.07) is 5.00. The van der Waals surface area contributed by atoms with E-state index >= 15 is 0 Å². The number of nitriles is 1. The summed E-state index contributed by atoms with van der Waals surface area (Å²) in [7, 11) is 1.88. The van der Waals surface area contributed by atoms with E-state index in [1.54, 1.807) is 28.5 Å². The Morgan fingerprint density at radius 3 is 2.51 bits per heavy atom. The van der Waals surface area contributed by atoms with E-state index < -0.39 is 0 Å². The fourth-order valence-electron chi connectivity index (χ4n) is 7.25. The molecule has 10 heteroatoms. The minimum atomic E-state index is -0.0692. The second kappa shape index (κ2) is 7.87. The molecule has 6 heterocycles. The maximum absolute atomic E-state index is 11.9. The molecule has 2 saturated heterocycles. The molecule has 4 atom stereocenters. The highest BCUT2D eigenvalue weighted by atomic mass is 16.1. The van der Waals surface area contributed by atoms with Gasteiger partial charge in [-0.3, -0.25) is 14.5 Å². The van der Waals surface area contributed by atoms with Gasteiger partial charge in [0, 0.05) is 60.7 Å². The standard InChI is InChI=1S/C27H27N9O/c1-16(37)33-27-6-17-3-21(7-27)36(22(4-17)8-27)25-13-29-24(12-30-25)23-5-18(20-11-31-34(2)14-20)15-35-26(23)19(9-28)10-32-35/h5,10-15,17,21-22H,3-4,6-8H2,1-2H3,(H,33,37)/t17-,21-,22+,27-. The van der Waals surface area contributed by atoms with Crippen LogP contribution in [0.5, 0.6) is 0 Å². The molecule has 10 nitrogen and oxygen atoms in total. The van der Waals surface area contributed by atoms with E-state index in [9.17, 15) is 10.1 Å². The van der Waals surface area contributed by atoms with Crippen molar-refractivity contribution in [3.63, 3.8) is 0 Å². The number of hydrogen-bond donors (Lipinski definition) is 1. The van der Waals surface area contributed by atoms with Crippen molar-refractivity contribution >= 4 is 17.2 Å². The van der Waals surface area contributed by atoms with E-state index in [4.69, 9.17) is 9.97 Å². The number of anilines is 1. The quantitative estimate of drug-likeness (QED) is 0.464. The van der Waals surface area contributed by atoms with E-state index in [1.807, 2.05) is 37.9 Å². The summed E-state index contributed by atoms with van der Waals surface area (Å²) in [5, 5.41) is 21.7. The van der Waals surface area contributed by atoms with Gasteiger partial charge in [0.2, 0.25) is 5.91 Å². The van der Waals surface area contributed by atoms with Crippen molar-refractivity contribution in [1.82, 2.24) is 34.7 Å². The highest BCUT2D eigenvalue weighted by molar-refractivity contribution is 5.86. The Balaban J connectivity index is 1.25. The number of amides is 1. The molecule has 0 aromatic carbocycles. The molecule has 4 aromatic heterocycles. The molecule has 0 spiro atoms. The second-order valence-corrected chi connectivity index (χ2v) is 10.9. The average Bonchev–Trinajstić information content (AvgIpc) is 3.48. The lowest BCUT2D eigenvalue weighted by Gasteiger charge is -2.61. The number of aromatic nitrogens is 6. The maximum Gasteiger partial charge on any atom is 0.217 e. The number of carbonyl (C=O) groups is 1. The van der Waals surface area contributed by atoms with E-state index in [0.717, 1.165) is 54.6 Å². The molecule has 4 aromatic rings. The molecule has 186 valence electrons. The molecule has 4 aliphatic rings. The van der Waals surface area contributed by atoms with Gasteiger partial charge < -0.3 is 10.2 Å². The van der Waals surface area contributed by atoms with Gasteiger partial charge in [-0.05, 0) is 44.1 Å². The summed E-state index contributed by atoms with van der Waals surface area (Å²) in [6.07, 6.45) is 16.2. The van der Waals surface area contributed by atoms with Crippen molar-refractivity contribution in [3.8, 4) is 28.5 Å². The fraction of sp³-hybridized carbons (Fsp3) is 0.407. The first-order valence-electron chi connectivity index (χ1n) is 12.7. The Hall–Kier alpha value is -4.26. The SMILES string of the molecule is CC(=O)N[C@]12C[C@@H]3C[C@H](C1)N(c1cnc(-c4cc(-c5cnn(C)c5)cn5ncc(C#N)c45)cn1)[C@@H](C3)C2. The van der Waals surface area contributed by atoms with Crippen LogP contribution in [0.25, 0.3) is 27.9 Å². The number of aryl methyl sites for hydroxylation is 1. The molecule has 2 saturated carbocycles. The molecule has 8 rings (SSSR count). The van der Waals surface area contributed by atoms with Crippen LogP contribution in [0.1, 0.15) is 44.6 Å². The minimum Gasteiger partial charge on any atom is -0.351 e. The van der Waals surface area contributed by atoms with Crippen molar-refractivity contribution in [2.75, 3.05) is 4.90 Å². The van der Waals surface area contributed by atoms with E-state index in [-0.39, 0.29) is 11.4 Å². The van der Waals surface area contributed by atoms with Gasteiger partial charge in [0.05, 0.1) is 41.6 Å². The van der Waals surface area contributed by atoms with Gasteiger partial charge >= 0.3 is 0 Å². The number of hydrogen-bond acceptors (Lipinski definition) is 7. The van der Waals surface area contributed by atoms with Gasteiger partial charge in [0.1, 0.15) is 11.9 Å². The lowest BCUT2D eigenvalue weighted by atomic mass is 9.59.